The quantitative estimate of drug-likeness (QED) is 0.879. The molecule has 0 spiro atoms. The highest BCUT2D eigenvalue weighted by Gasteiger charge is 2.43. The van der Waals surface area contributed by atoms with Gasteiger partial charge in [-0.15, -0.1) is 0 Å². The first-order chi connectivity index (χ1) is 12.3. The topological polar surface area (TPSA) is 94.9 Å². The molecule has 1 aliphatic rings. The number of carboxylic acid groups (broad SMARTS) is 1. The Labute approximate surface area is 147 Å². The van der Waals surface area contributed by atoms with Crippen LogP contribution in [0.3, 0.4) is 0 Å². The summed E-state index contributed by atoms with van der Waals surface area (Å²) in [6, 6.07) is 9.75. The standard InChI is InChI=1S/C19H14FNO5/c1-10(22)15-16(11-2-6-13(20)7-3-11)21(18(24)17(15)23)14-8-4-12(5-9-14)19(25)26/h2-9,16,23H,1H3,(H,25,26). The summed E-state index contributed by atoms with van der Waals surface area (Å²) < 4.78 is 13.3. The average Bonchev–Trinajstić information content (AvgIpc) is 2.87. The second-order valence-electron chi connectivity index (χ2n) is 5.80. The minimum atomic E-state index is -1.12. The van der Waals surface area contributed by atoms with Crippen molar-refractivity contribution in [3.05, 3.63) is 76.8 Å². The highest BCUT2D eigenvalue weighted by atomic mass is 19.1. The zero-order chi connectivity index (χ0) is 19.0. The molecule has 2 aromatic carbocycles. The Bertz CT molecular complexity index is 931. The number of rotatable bonds is 4. The maximum absolute atomic E-state index is 13.3. The van der Waals surface area contributed by atoms with Crippen LogP contribution in [0.15, 0.2) is 59.9 Å². The molecule has 2 N–H and O–H groups in total. The Morgan fingerprint density at radius 2 is 1.62 bits per heavy atom. The van der Waals surface area contributed by atoms with Crippen molar-refractivity contribution in [2.45, 2.75) is 13.0 Å². The van der Waals surface area contributed by atoms with E-state index in [1.54, 1.807) is 0 Å². The van der Waals surface area contributed by atoms with E-state index >= 15 is 0 Å². The summed E-state index contributed by atoms with van der Waals surface area (Å²) in [5, 5.41) is 19.2. The Hall–Kier alpha value is -3.48. The molecule has 1 aliphatic heterocycles. The molecule has 2 aromatic rings. The Morgan fingerprint density at radius 3 is 2.12 bits per heavy atom. The van der Waals surface area contributed by atoms with Gasteiger partial charge in [0, 0.05) is 5.69 Å². The minimum Gasteiger partial charge on any atom is -0.503 e. The molecule has 3 rings (SSSR count). The van der Waals surface area contributed by atoms with Crippen LogP contribution in [-0.2, 0) is 9.59 Å². The maximum Gasteiger partial charge on any atom is 0.335 e. The molecule has 0 aliphatic carbocycles. The number of aliphatic hydroxyl groups excluding tert-OH is 1. The third-order valence-corrected chi connectivity index (χ3v) is 4.17. The second-order valence-corrected chi connectivity index (χ2v) is 5.80. The fraction of sp³-hybridized carbons (Fsp3) is 0.105. The van der Waals surface area contributed by atoms with Gasteiger partial charge in [0.2, 0.25) is 0 Å². The van der Waals surface area contributed by atoms with Gasteiger partial charge in [-0.1, -0.05) is 12.1 Å². The summed E-state index contributed by atoms with van der Waals surface area (Å²) >= 11 is 0. The van der Waals surface area contributed by atoms with E-state index in [1.807, 2.05) is 0 Å². The number of amides is 1. The molecule has 1 unspecified atom stereocenters. The minimum absolute atomic E-state index is 0.0303. The number of hydrogen-bond acceptors (Lipinski definition) is 4. The summed E-state index contributed by atoms with van der Waals surface area (Å²) in [4.78, 5) is 36.8. The predicted molar refractivity (Wildman–Crippen MR) is 90.4 cm³/mol. The molecule has 1 amide bonds. The van der Waals surface area contributed by atoms with E-state index in [0.29, 0.717) is 11.3 Å². The molecule has 6 nitrogen and oxygen atoms in total. The lowest BCUT2D eigenvalue weighted by Crippen LogP contribution is -2.30. The number of carboxylic acids is 1. The fourth-order valence-electron chi connectivity index (χ4n) is 2.96. The SMILES string of the molecule is CC(=O)C1=C(O)C(=O)N(c2ccc(C(=O)O)cc2)C1c1ccc(F)cc1. The smallest absolute Gasteiger partial charge is 0.335 e. The zero-order valence-corrected chi connectivity index (χ0v) is 13.6. The summed E-state index contributed by atoms with van der Waals surface area (Å²) in [5.41, 5.74) is 0.681. The van der Waals surface area contributed by atoms with E-state index in [-0.39, 0.29) is 11.1 Å². The van der Waals surface area contributed by atoms with Gasteiger partial charge in [0.1, 0.15) is 5.82 Å². The number of hydrogen-bond donors (Lipinski definition) is 2. The van der Waals surface area contributed by atoms with Gasteiger partial charge >= 0.3 is 5.97 Å². The van der Waals surface area contributed by atoms with Gasteiger partial charge in [-0.25, -0.2) is 9.18 Å². The Kier molecular flexibility index (Phi) is 4.29. The molecular weight excluding hydrogens is 341 g/mol. The lowest BCUT2D eigenvalue weighted by molar-refractivity contribution is -0.117. The number of Topliss-reactive ketones (excluding diaryl/α,β-unsaturated/α-hetero) is 1. The Balaban J connectivity index is 2.13. The van der Waals surface area contributed by atoms with Crippen LogP contribution in [0.25, 0.3) is 0 Å². The molecule has 132 valence electrons. The molecule has 0 saturated carbocycles. The van der Waals surface area contributed by atoms with E-state index in [0.717, 1.165) is 0 Å². The highest BCUT2D eigenvalue weighted by molar-refractivity contribution is 6.16. The van der Waals surface area contributed by atoms with Crippen LogP contribution in [0.1, 0.15) is 28.9 Å². The molecule has 26 heavy (non-hydrogen) atoms. The van der Waals surface area contributed by atoms with Crippen LogP contribution in [-0.4, -0.2) is 27.9 Å². The normalized spacial score (nSPS) is 16.9. The molecule has 0 radical (unpaired) electrons. The summed E-state index contributed by atoms with van der Waals surface area (Å²) in [6.07, 6.45) is 0. The van der Waals surface area contributed by atoms with Gasteiger partial charge in [-0.05, 0) is 48.9 Å². The highest BCUT2D eigenvalue weighted by Crippen LogP contribution is 2.40. The lowest BCUT2D eigenvalue weighted by atomic mass is 9.96. The van der Waals surface area contributed by atoms with Crippen molar-refractivity contribution in [1.29, 1.82) is 0 Å². The number of ketones is 1. The molecule has 0 bridgehead atoms. The van der Waals surface area contributed by atoms with Crippen LogP contribution < -0.4 is 4.90 Å². The monoisotopic (exact) mass is 355 g/mol. The third-order valence-electron chi connectivity index (χ3n) is 4.17. The van der Waals surface area contributed by atoms with Crippen LogP contribution >= 0.6 is 0 Å². The number of aromatic carboxylic acids is 1. The first kappa shape index (κ1) is 17.3. The van der Waals surface area contributed by atoms with Crippen molar-refractivity contribution in [3.8, 4) is 0 Å². The summed E-state index contributed by atoms with van der Waals surface area (Å²) in [6.45, 7) is 1.23. The van der Waals surface area contributed by atoms with E-state index < -0.39 is 35.3 Å². The van der Waals surface area contributed by atoms with E-state index in [9.17, 15) is 23.9 Å². The first-order valence-electron chi connectivity index (χ1n) is 7.67. The largest absolute Gasteiger partial charge is 0.503 e. The van der Waals surface area contributed by atoms with E-state index in [4.69, 9.17) is 5.11 Å². The summed E-state index contributed by atoms with van der Waals surface area (Å²) in [7, 11) is 0. The average molecular weight is 355 g/mol. The van der Waals surface area contributed by atoms with Crippen LogP contribution in [0, 0.1) is 5.82 Å². The molecule has 1 atom stereocenters. The van der Waals surface area contributed by atoms with Gasteiger partial charge in [-0.2, -0.15) is 0 Å². The number of benzene rings is 2. The maximum atomic E-state index is 13.3. The van der Waals surface area contributed by atoms with Crippen LogP contribution in [0.2, 0.25) is 0 Å². The molecule has 7 heteroatoms. The van der Waals surface area contributed by atoms with E-state index in [1.165, 1.54) is 60.4 Å². The Morgan fingerprint density at radius 1 is 1.04 bits per heavy atom. The van der Waals surface area contributed by atoms with Crippen molar-refractivity contribution < 1.29 is 29.0 Å². The number of carbonyl (C=O) groups is 3. The van der Waals surface area contributed by atoms with Crippen molar-refractivity contribution in [1.82, 2.24) is 0 Å². The number of halogens is 1. The zero-order valence-electron chi connectivity index (χ0n) is 13.6. The van der Waals surface area contributed by atoms with Gasteiger partial charge in [0.25, 0.3) is 5.91 Å². The summed E-state index contributed by atoms with van der Waals surface area (Å²) in [5.74, 6) is -3.55. The number of nitrogens with zero attached hydrogens (tertiary/aromatic N) is 1. The van der Waals surface area contributed by atoms with Crippen molar-refractivity contribution in [2.75, 3.05) is 4.90 Å². The van der Waals surface area contributed by atoms with Gasteiger partial charge in [0.15, 0.2) is 11.5 Å². The predicted octanol–water partition coefficient (Wildman–Crippen LogP) is 3.01. The van der Waals surface area contributed by atoms with Crippen molar-refractivity contribution in [2.24, 2.45) is 0 Å². The second kappa shape index (κ2) is 6.44. The lowest BCUT2D eigenvalue weighted by Gasteiger charge is -2.26. The van der Waals surface area contributed by atoms with E-state index in [2.05, 4.69) is 0 Å². The van der Waals surface area contributed by atoms with Gasteiger partial charge in [0.05, 0.1) is 17.2 Å². The van der Waals surface area contributed by atoms with Gasteiger partial charge in [-0.3, -0.25) is 14.5 Å². The molecule has 1 heterocycles. The molecular formula is C19H14FNO5. The van der Waals surface area contributed by atoms with Crippen molar-refractivity contribution >= 4 is 23.3 Å². The number of anilines is 1. The molecule has 0 fully saturated rings. The molecule has 0 saturated heterocycles. The van der Waals surface area contributed by atoms with Crippen molar-refractivity contribution in [3.63, 3.8) is 0 Å². The number of carbonyl (C=O) groups excluding carboxylic acids is 2. The first-order valence-corrected chi connectivity index (χ1v) is 7.67. The van der Waals surface area contributed by atoms with Crippen LogP contribution in [0.5, 0.6) is 0 Å². The fourth-order valence-corrected chi connectivity index (χ4v) is 2.96. The third kappa shape index (κ3) is 2.83. The molecule has 0 aromatic heterocycles. The van der Waals surface area contributed by atoms with Gasteiger partial charge < -0.3 is 10.2 Å². The van der Waals surface area contributed by atoms with Crippen LogP contribution in [0.4, 0.5) is 10.1 Å². The number of aliphatic hydroxyl groups is 1.